The van der Waals surface area contributed by atoms with Gasteiger partial charge in [-0.15, -0.1) is 0 Å². The summed E-state index contributed by atoms with van der Waals surface area (Å²) in [4.78, 5) is 0. The molecule has 0 radical (unpaired) electrons. The molecule has 0 aliphatic carbocycles. The molecule has 0 amide bonds. The molecule has 0 saturated heterocycles. The van der Waals surface area contributed by atoms with Gasteiger partial charge in [0.2, 0.25) is 0 Å². The first kappa shape index (κ1) is 21.4. The molecule has 0 aromatic heterocycles. The van der Waals surface area contributed by atoms with Crippen molar-refractivity contribution in [1.82, 2.24) is 0 Å². The molecule has 1 rings (SSSR count). The maximum Gasteiger partial charge on any atom is 0.460 e. The molecule has 0 heterocycles. The summed E-state index contributed by atoms with van der Waals surface area (Å²) in [6, 6.07) is 3.77. The highest BCUT2D eigenvalue weighted by Gasteiger charge is 2.86. The maximum absolute atomic E-state index is 13.4. The summed E-state index contributed by atoms with van der Waals surface area (Å²) in [5.74, 6) is -15.6. The van der Waals surface area contributed by atoms with Gasteiger partial charge in [0, 0.05) is 0 Å². The van der Waals surface area contributed by atoms with Crippen LogP contribution in [0.25, 0.3) is 0 Å². The van der Waals surface area contributed by atoms with E-state index in [-0.39, 0.29) is 0 Å². The molecule has 3 nitrogen and oxygen atoms in total. The zero-order valence-electron chi connectivity index (χ0n) is 12.1. The van der Waals surface area contributed by atoms with Gasteiger partial charge in [0.15, 0.2) is 0 Å². The summed E-state index contributed by atoms with van der Waals surface area (Å²) in [7, 11) is -6.90. The van der Waals surface area contributed by atoms with Crippen LogP contribution in [0, 0.1) is 0 Å². The second kappa shape index (κ2) is 6.25. The summed E-state index contributed by atoms with van der Waals surface area (Å²) in [5.41, 5.74) is 0.547. The van der Waals surface area contributed by atoms with Gasteiger partial charge < -0.3 is 4.18 Å². The van der Waals surface area contributed by atoms with Crippen LogP contribution in [-0.4, -0.2) is 31.7 Å². The third-order valence-electron chi connectivity index (χ3n) is 2.97. The molecule has 0 aliphatic heterocycles. The number of hydrogen-bond donors (Lipinski definition) is 0. The zero-order valence-corrected chi connectivity index (χ0v) is 12.9. The number of rotatable bonds is 6. The number of benzene rings is 1. The lowest BCUT2D eigenvalue weighted by Crippen LogP contribution is -2.63. The second-order valence-corrected chi connectivity index (χ2v) is 6.29. The van der Waals surface area contributed by atoms with Crippen LogP contribution < -0.4 is 4.18 Å². The van der Waals surface area contributed by atoms with Crippen molar-refractivity contribution in [3.63, 3.8) is 0 Å². The second-order valence-electron chi connectivity index (χ2n) is 4.70. The molecule has 0 unspecified atom stereocenters. The van der Waals surface area contributed by atoms with Gasteiger partial charge in [-0.05, 0) is 24.1 Å². The smallest absolute Gasteiger partial charge is 0.378 e. The maximum atomic E-state index is 13.4. The molecule has 13 heteroatoms. The molecule has 0 spiro atoms. The van der Waals surface area contributed by atoms with Crippen LogP contribution in [0.4, 0.5) is 39.5 Å². The lowest BCUT2D eigenvalue weighted by Gasteiger charge is -2.32. The Labute approximate surface area is 135 Å². The van der Waals surface area contributed by atoms with Crippen molar-refractivity contribution < 1.29 is 52.1 Å². The lowest BCUT2D eigenvalue weighted by molar-refractivity contribution is -0.382. The van der Waals surface area contributed by atoms with Gasteiger partial charge in [-0.2, -0.15) is 47.9 Å². The van der Waals surface area contributed by atoms with E-state index in [0.29, 0.717) is 12.0 Å². The molecular weight excluding hydrogens is 395 g/mol. The topological polar surface area (TPSA) is 43.4 Å². The van der Waals surface area contributed by atoms with Gasteiger partial charge in [-0.25, -0.2) is 0 Å². The van der Waals surface area contributed by atoms with E-state index in [0.717, 1.165) is 24.3 Å². The van der Waals surface area contributed by atoms with E-state index in [1.165, 1.54) is 0 Å². The Hall–Kier alpha value is -1.66. The first-order valence-corrected chi connectivity index (χ1v) is 7.65. The molecule has 25 heavy (non-hydrogen) atoms. The van der Waals surface area contributed by atoms with Crippen molar-refractivity contribution in [2.45, 2.75) is 36.6 Å². The molecule has 0 fully saturated rings. The number of alkyl halides is 9. The van der Waals surface area contributed by atoms with Gasteiger partial charge >= 0.3 is 33.4 Å². The molecule has 0 saturated carbocycles. The van der Waals surface area contributed by atoms with Crippen molar-refractivity contribution in [3.8, 4) is 5.75 Å². The molecule has 0 bridgehead atoms. The van der Waals surface area contributed by atoms with Crippen LogP contribution in [0.3, 0.4) is 0 Å². The van der Waals surface area contributed by atoms with E-state index < -0.39 is 39.1 Å². The minimum absolute atomic E-state index is 0.416. The quantitative estimate of drug-likeness (QED) is 0.522. The monoisotopic (exact) mass is 404 g/mol. The Bertz CT molecular complexity index is 708. The van der Waals surface area contributed by atoms with Gasteiger partial charge in [-0.3, -0.25) is 0 Å². The van der Waals surface area contributed by atoms with E-state index in [2.05, 4.69) is 4.18 Å². The van der Waals surface area contributed by atoms with Crippen molar-refractivity contribution in [2.24, 2.45) is 0 Å². The van der Waals surface area contributed by atoms with Crippen LogP contribution in [0.15, 0.2) is 24.3 Å². The third-order valence-corrected chi connectivity index (χ3v) is 4.26. The van der Waals surface area contributed by atoms with E-state index in [1.54, 1.807) is 6.92 Å². The fourth-order valence-electron chi connectivity index (χ4n) is 1.48. The Balaban J connectivity index is 3.29. The summed E-state index contributed by atoms with van der Waals surface area (Å²) in [6.45, 7) is 1.65. The van der Waals surface area contributed by atoms with E-state index in [1.807, 2.05) is 0 Å². The van der Waals surface area contributed by atoms with Crippen molar-refractivity contribution in [1.29, 1.82) is 0 Å². The molecule has 0 N–H and O–H groups in total. The van der Waals surface area contributed by atoms with E-state index >= 15 is 0 Å². The minimum atomic E-state index is -7.33. The van der Waals surface area contributed by atoms with Crippen LogP contribution in [0.1, 0.15) is 12.5 Å². The summed E-state index contributed by atoms with van der Waals surface area (Å²) in [5, 5.41) is -6.87. The predicted octanol–water partition coefficient (Wildman–Crippen LogP) is 4.38. The number of aryl methyl sites for hydroxylation is 1. The summed E-state index contributed by atoms with van der Waals surface area (Å²) >= 11 is 0. The predicted molar refractivity (Wildman–Crippen MR) is 66.3 cm³/mol. The van der Waals surface area contributed by atoms with Crippen LogP contribution >= 0.6 is 0 Å². The van der Waals surface area contributed by atoms with E-state index in [9.17, 15) is 47.9 Å². The normalized spacial score (nSPS) is 14.5. The third kappa shape index (κ3) is 3.51. The molecular formula is C12H9F9O3S. The van der Waals surface area contributed by atoms with Gasteiger partial charge in [0.1, 0.15) is 5.75 Å². The standard InChI is InChI=1S/C12H9F9O3S/c1-2-7-3-5-8(6-4-7)24-25(22,23)12(20,21)10(15,16)9(13,14)11(17,18)19/h3-6H,2H2,1H3. The summed E-state index contributed by atoms with van der Waals surface area (Å²) in [6.07, 6.45) is -6.71. The SMILES string of the molecule is CCc1ccc(OS(=O)(=O)C(F)(F)C(F)(F)C(F)(F)C(F)(F)F)cc1. The largest absolute Gasteiger partial charge is 0.460 e. The van der Waals surface area contributed by atoms with Gasteiger partial charge in [-0.1, -0.05) is 19.1 Å². The highest BCUT2D eigenvalue weighted by Crippen LogP contribution is 2.54. The highest BCUT2D eigenvalue weighted by atomic mass is 32.2. The van der Waals surface area contributed by atoms with Crippen LogP contribution in [0.2, 0.25) is 0 Å². The van der Waals surface area contributed by atoms with Crippen molar-refractivity contribution in [3.05, 3.63) is 29.8 Å². The molecule has 1 aromatic carbocycles. The number of halogens is 9. The zero-order chi connectivity index (χ0) is 19.9. The van der Waals surface area contributed by atoms with Crippen LogP contribution in [0.5, 0.6) is 5.75 Å². The summed E-state index contributed by atoms with van der Waals surface area (Å²) < 4.78 is 140. The van der Waals surface area contributed by atoms with Crippen molar-refractivity contribution in [2.75, 3.05) is 0 Å². The Morgan fingerprint density at radius 1 is 0.840 bits per heavy atom. The Morgan fingerprint density at radius 3 is 1.64 bits per heavy atom. The fraction of sp³-hybridized carbons (Fsp3) is 0.500. The van der Waals surface area contributed by atoms with Gasteiger partial charge in [0.05, 0.1) is 0 Å². The number of hydrogen-bond acceptors (Lipinski definition) is 3. The molecule has 144 valence electrons. The highest BCUT2D eigenvalue weighted by molar-refractivity contribution is 7.88. The fourth-order valence-corrected chi connectivity index (χ4v) is 2.39. The van der Waals surface area contributed by atoms with E-state index in [4.69, 9.17) is 0 Å². The Morgan fingerprint density at radius 2 is 1.28 bits per heavy atom. The van der Waals surface area contributed by atoms with Crippen molar-refractivity contribution >= 4 is 10.1 Å². The van der Waals surface area contributed by atoms with Gasteiger partial charge in [0.25, 0.3) is 0 Å². The minimum Gasteiger partial charge on any atom is -0.378 e. The lowest BCUT2D eigenvalue weighted by atomic mass is 10.1. The average molecular weight is 404 g/mol. The first-order chi connectivity index (χ1) is 11.0. The van der Waals surface area contributed by atoms with Crippen LogP contribution in [-0.2, 0) is 16.5 Å². The average Bonchev–Trinajstić information content (AvgIpc) is 2.45. The Kier molecular flexibility index (Phi) is 5.35. The molecule has 1 aromatic rings. The molecule has 0 atom stereocenters. The molecule has 0 aliphatic rings. The first-order valence-electron chi connectivity index (χ1n) is 6.24.